The Bertz CT molecular complexity index is 394. The van der Waals surface area contributed by atoms with E-state index in [1.807, 2.05) is 12.1 Å². The molecule has 0 aliphatic heterocycles. The molecule has 2 rings (SSSR count). The van der Waals surface area contributed by atoms with Crippen LogP contribution in [-0.4, -0.2) is 26.9 Å². The van der Waals surface area contributed by atoms with Crippen LogP contribution < -0.4 is 10.1 Å². The molecule has 0 atom stereocenters. The fourth-order valence-electron chi connectivity index (χ4n) is 1.99. The Morgan fingerprint density at radius 2 is 2.16 bits per heavy atom. The Morgan fingerprint density at radius 3 is 2.89 bits per heavy atom. The van der Waals surface area contributed by atoms with Crippen molar-refractivity contribution in [1.82, 2.24) is 5.32 Å². The monoisotopic (exact) mass is 327 g/mol. The fourth-order valence-corrected chi connectivity index (χ4v) is 2.51. The minimum absolute atomic E-state index is 0.728. The van der Waals surface area contributed by atoms with Crippen molar-refractivity contribution in [3.05, 3.63) is 28.2 Å². The molecule has 4 heteroatoms. The number of methoxy groups -OCH3 is 1. The number of para-hydroxylation sites is 1. The van der Waals surface area contributed by atoms with Crippen molar-refractivity contribution in [3.8, 4) is 5.75 Å². The quantitative estimate of drug-likeness (QED) is 0.705. The number of hydrogen-bond acceptors (Lipinski definition) is 3. The van der Waals surface area contributed by atoms with Crippen LogP contribution in [0.4, 0.5) is 0 Å². The van der Waals surface area contributed by atoms with Gasteiger partial charge in [0.1, 0.15) is 5.75 Å². The van der Waals surface area contributed by atoms with Crippen molar-refractivity contribution >= 4 is 15.9 Å². The molecule has 0 bridgehead atoms. The zero-order valence-corrected chi connectivity index (χ0v) is 13.0. The van der Waals surface area contributed by atoms with Crippen LogP contribution in [0.25, 0.3) is 0 Å². The third kappa shape index (κ3) is 5.13. The van der Waals surface area contributed by atoms with Crippen LogP contribution in [-0.2, 0) is 11.3 Å². The van der Waals surface area contributed by atoms with Crippen molar-refractivity contribution in [2.45, 2.75) is 25.8 Å². The first-order valence-electron chi connectivity index (χ1n) is 6.91. The highest BCUT2D eigenvalue weighted by atomic mass is 79.9. The summed E-state index contributed by atoms with van der Waals surface area (Å²) in [6.45, 7) is 3.20. The van der Waals surface area contributed by atoms with Crippen molar-refractivity contribution in [3.63, 3.8) is 0 Å². The third-order valence-electron chi connectivity index (χ3n) is 3.32. The predicted molar refractivity (Wildman–Crippen MR) is 80.6 cm³/mol. The zero-order valence-electron chi connectivity index (χ0n) is 11.5. The fraction of sp³-hybridized carbons (Fsp3) is 0.600. The summed E-state index contributed by atoms with van der Waals surface area (Å²) in [6, 6.07) is 6.19. The second-order valence-corrected chi connectivity index (χ2v) is 5.83. The molecule has 0 radical (unpaired) electrons. The molecule has 1 N–H and O–H groups in total. The highest BCUT2D eigenvalue weighted by molar-refractivity contribution is 9.10. The standard InChI is InChI=1S/C15H22BrNO2/c1-18-10-8-17-11-13-3-2-4-14(16)15(13)19-9-7-12-5-6-12/h2-4,12,17H,5-11H2,1H3. The van der Waals surface area contributed by atoms with Crippen molar-refractivity contribution < 1.29 is 9.47 Å². The van der Waals surface area contributed by atoms with E-state index in [9.17, 15) is 0 Å². The predicted octanol–water partition coefficient (Wildman–Crippen LogP) is 3.36. The molecule has 0 unspecified atom stereocenters. The minimum Gasteiger partial charge on any atom is -0.492 e. The maximum Gasteiger partial charge on any atom is 0.137 e. The molecule has 0 saturated heterocycles. The number of rotatable bonds is 9. The number of hydrogen-bond donors (Lipinski definition) is 1. The normalized spacial score (nSPS) is 14.6. The lowest BCUT2D eigenvalue weighted by molar-refractivity contribution is 0.199. The maximum absolute atomic E-state index is 5.96. The largest absolute Gasteiger partial charge is 0.492 e. The van der Waals surface area contributed by atoms with E-state index in [1.165, 1.54) is 24.8 Å². The van der Waals surface area contributed by atoms with Gasteiger partial charge in [-0.3, -0.25) is 0 Å². The minimum atomic E-state index is 0.728. The molecule has 1 aromatic carbocycles. The van der Waals surface area contributed by atoms with E-state index < -0.39 is 0 Å². The molecule has 1 fully saturated rings. The molecule has 1 saturated carbocycles. The van der Waals surface area contributed by atoms with Gasteiger partial charge in [-0.1, -0.05) is 25.0 Å². The van der Waals surface area contributed by atoms with Crippen molar-refractivity contribution in [2.24, 2.45) is 5.92 Å². The summed E-state index contributed by atoms with van der Waals surface area (Å²) < 4.78 is 12.0. The summed E-state index contributed by atoms with van der Waals surface area (Å²) in [5.41, 5.74) is 1.20. The summed E-state index contributed by atoms with van der Waals surface area (Å²) in [5.74, 6) is 1.89. The molecule has 106 valence electrons. The first kappa shape index (κ1) is 14.8. The van der Waals surface area contributed by atoms with Gasteiger partial charge in [0, 0.05) is 25.8 Å². The second kappa shape index (κ2) is 7.88. The van der Waals surface area contributed by atoms with Crippen LogP contribution in [0, 0.1) is 5.92 Å². The van der Waals surface area contributed by atoms with E-state index in [-0.39, 0.29) is 0 Å². The Balaban J connectivity index is 1.86. The van der Waals surface area contributed by atoms with Gasteiger partial charge in [0.25, 0.3) is 0 Å². The van der Waals surface area contributed by atoms with Gasteiger partial charge in [0.2, 0.25) is 0 Å². The highest BCUT2D eigenvalue weighted by Gasteiger charge is 2.21. The summed E-state index contributed by atoms with van der Waals surface area (Å²) >= 11 is 3.58. The molecule has 1 aliphatic rings. The lowest BCUT2D eigenvalue weighted by Gasteiger charge is -2.14. The molecular weight excluding hydrogens is 306 g/mol. The first-order chi connectivity index (χ1) is 9.31. The molecule has 0 aromatic heterocycles. The first-order valence-corrected chi connectivity index (χ1v) is 7.70. The summed E-state index contributed by atoms with van der Waals surface area (Å²) in [5, 5.41) is 3.36. The van der Waals surface area contributed by atoms with Gasteiger partial charge in [-0.15, -0.1) is 0 Å². The van der Waals surface area contributed by atoms with E-state index in [1.54, 1.807) is 7.11 Å². The van der Waals surface area contributed by atoms with Crippen LogP contribution in [0.5, 0.6) is 5.75 Å². The van der Waals surface area contributed by atoms with E-state index in [0.717, 1.165) is 42.4 Å². The lowest BCUT2D eigenvalue weighted by atomic mass is 10.2. The lowest BCUT2D eigenvalue weighted by Crippen LogP contribution is -2.19. The van der Waals surface area contributed by atoms with Crippen LogP contribution in [0.15, 0.2) is 22.7 Å². The summed E-state index contributed by atoms with van der Waals surface area (Å²) in [4.78, 5) is 0. The number of ether oxygens (including phenoxy) is 2. The third-order valence-corrected chi connectivity index (χ3v) is 3.94. The van der Waals surface area contributed by atoms with Gasteiger partial charge in [-0.2, -0.15) is 0 Å². The average Bonchev–Trinajstić information content (AvgIpc) is 3.21. The van der Waals surface area contributed by atoms with Crippen LogP contribution in [0.2, 0.25) is 0 Å². The van der Waals surface area contributed by atoms with Crippen molar-refractivity contribution in [2.75, 3.05) is 26.9 Å². The van der Waals surface area contributed by atoms with Gasteiger partial charge in [-0.05, 0) is 34.3 Å². The van der Waals surface area contributed by atoms with E-state index in [4.69, 9.17) is 9.47 Å². The van der Waals surface area contributed by atoms with E-state index in [0.29, 0.717) is 0 Å². The van der Waals surface area contributed by atoms with Gasteiger partial charge in [0.05, 0.1) is 17.7 Å². The smallest absolute Gasteiger partial charge is 0.137 e. The number of nitrogens with one attached hydrogen (secondary N) is 1. The van der Waals surface area contributed by atoms with Crippen LogP contribution >= 0.6 is 15.9 Å². The van der Waals surface area contributed by atoms with Crippen molar-refractivity contribution in [1.29, 1.82) is 0 Å². The zero-order chi connectivity index (χ0) is 13.5. The van der Waals surface area contributed by atoms with Gasteiger partial charge in [-0.25, -0.2) is 0 Å². The number of halogens is 1. The molecule has 3 nitrogen and oxygen atoms in total. The molecule has 1 aliphatic carbocycles. The van der Waals surface area contributed by atoms with Crippen LogP contribution in [0.1, 0.15) is 24.8 Å². The molecule has 0 heterocycles. The molecule has 19 heavy (non-hydrogen) atoms. The average molecular weight is 328 g/mol. The van der Waals surface area contributed by atoms with Gasteiger partial charge >= 0.3 is 0 Å². The Kier molecular flexibility index (Phi) is 6.14. The Hall–Kier alpha value is -0.580. The number of benzene rings is 1. The highest BCUT2D eigenvalue weighted by Crippen LogP contribution is 2.34. The Morgan fingerprint density at radius 1 is 1.32 bits per heavy atom. The summed E-state index contributed by atoms with van der Waals surface area (Å²) in [7, 11) is 1.72. The van der Waals surface area contributed by atoms with E-state index >= 15 is 0 Å². The molecular formula is C15H22BrNO2. The summed E-state index contributed by atoms with van der Waals surface area (Å²) in [6.07, 6.45) is 3.94. The van der Waals surface area contributed by atoms with Gasteiger partial charge < -0.3 is 14.8 Å². The van der Waals surface area contributed by atoms with Crippen LogP contribution in [0.3, 0.4) is 0 Å². The Labute approximate surface area is 123 Å². The maximum atomic E-state index is 5.96. The molecule has 0 spiro atoms. The van der Waals surface area contributed by atoms with Gasteiger partial charge in [0.15, 0.2) is 0 Å². The molecule has 1 aromatic rings. The molecule has 0 amide bonds. The second-order valence-electron chi connectivity index (χ2n) is 4.98. The van der Waals surface area contributed by atoms with E-state index in [2.05, 4.69) is 27.3 Å². The topological polar surface area (TPSA) is 30.5 Å². The SMILES string of the molecule is COCCNCc1cccc(Br)c1OCCC1CC1.